The van der Waals surface area contributed by atoms with E-state index in [0.29, 0.717) is 0 Å². The molecule has 0 saturated heterocycles. The fourth-order valence-corrected chi connectivity index (χ4v) is 2.05. The summed E-state index contributed by atoms with van der Waals surface area (Å²) in [6.45, 7) is -0.596. The first-order chi connectivity index (χ1) is 9.93. The molecule has 0 spiro atoms. The van der Waals surface area contributed by atoms with E-state index in [1.54, 1.807) is 6.07 Å². The first kappa shape index (κ1) is 15.3. The van der Waals surface area contributed by atoms with Gasteiger partial charge in [0.1, 0.15) is 5.82 Å². The van der Waals surface area contributed by atoms with E-state index in [2.05, 4.69) is 5.32 Å². The van der Waals surface area contributed by atoms with E-state index in [4.69, 9.17) is 0 Å². The number of alkyl halides is 3. The lowest BCUT2D eigenvalue weighted by Crippen LogP contribution is -2.20. The Morgan fingerprint density at radius 1 is 1.00 bits per heavy atom. The number of hydrogen-bond acceptors (Lipinski definition) is 2. The van der Waals surface area contributed by atoms with Gasteiger partial charge in [0.25, 0.3) is 0 Å². The maximum absolute atomic E-state index is 13.6. The molecule has 1 unspecified atom stereocenters. The quantitative estimate of drug-likeness (QED) is 0.837. The first-order valence-electron chi connectivity index (χ1n) is 6.21. The summed E-state index contributed by atoms with van der Waals surface area (Å²) in [5, 5.41) is 12.0. The summed E-state index contributed by atoms with van der Waals surface area (Å²) in [4.78, 5) is 0. The highest BCUT2D eigenvalue weighted by Gasteiger charge is 2.34. The van der Waals surface area contributed by atoms with Crippen molar-refractivity contribution < 1.29 is 22.7 Å². The van der Waals surface area contributed by atoms with Crippen molar-refractivity contribution in [3.05, 3.63) is 65.5 Å². The van der Waals surface area contributed by atoms with Crippen molar-refractivity contribution in [3.8, 4) is 0 Å². The van der Waals surface area contributed by atoms with Crippen molar-refractivity contribution in [1.29, 1.82) is 0 Å². The second kappa shape index (κ2) is 6.13. The molecule has 1 atom stereocenters. The minimum absolute atomic E-state index is 0.0357. The number of rotatable bonds is 4. The van der Waals surface area contributed by atoms with Crippen LogP contribution in [0.25, 0.3) is 0 Å². The first-order valence-corrected chi connectivity index (χ1v) is 6.21. The Hall–Kier alpha value is -2.08. The number of hydrogen-bond donors (Lipinski definition) is 2. The predicted octanol–water partition coefficient (Wildman–Crippen LogP) is 3.99. The van der Waals surface area contributed by atoms with Crippen molar-refractivity contribution >= 4 is 5.69 Å². The second-order valence-electron chi connectivity index (χ2n) is 4.44. The molecule has 2 aromatic rings. The van der Waals surface area contributed by atoms with Crippen LogP contribution >= 0.6 is 0 Å². The normalized spacial score (nSPS) is 13.0. The minimum Gasteiger partial charge on any atom is -0.394 e. The van der Waals surface area contributed by atoms with Crippen LogP contribution < -0.4 is 5.32 Å². The Bertz CT molecular complexity index is 613. The third-order valence-corrected chi connectivity index (χ3v) is 3.03. The molecule has 0 saturated carbocycles. The average Bonchev–Trinajstić information content (AvgIpc) is 2.45. The number of halogens is 4. The maximum Gasteiger partial charge on any atom is 0.416 e. The monoisotopic (exact) mass is 299 g/mol. The van der Waals surface area contributed by atoms with Gasteiger partial charge in [-0.25, -0.2) is 4.39 Å². The molecule has 2 aromatic carbocycles. The van der Waals surface area contributed by atoms with E-state index in [1.165, 1.54) is 36.4 Å². The largest absolute Gasteiger partial charge is 0.416 e. The van der Waals surface area contributed by atoms with Gasteiger partial charge in [0.2, 0.25) is 0 Å². The highest BCUT2D eigenvalue weighted by molar-refractivity contribution is 5.48. The Labute approximate surface area is 119 Å². The van der Waals surface area contributed by atoms with Crippen molar-refractivity contribution in [1.82, 2.24) is 0 Å². The van der Waals surface area contributed by atoms with Crippen LogP contribution in [0.1, 0.15) is 17.2 Å². The highest BCUT2D eigenvalue weighted by atomic mass is 19.4. The van der Waals surface area contributed by atoms with E-state index in [9.17, 15) is 22.7 Å². The number of anilines is 1. The van der Waals surface area contributed by atoms with E-state index in [-0.39, 0.29) is 11.3 Å². The molecular weight excluding hydrogens is 286 g/mol. The smallest absolute Gasteiger partial charge is 0.394 e. The van der Waals surface area contributed by atoms with Crippen LogP contribution in [-0.4, -0.2) is 11.7 Å². The Morgan fingerprint density at radius 2 is 1.62 bits per heavy atom. The Morgan fingerprint density at radius 3 is 2.24 bits per heavy atom. The molecule has 0 aliphatic rings. The molecule has 0 heterocycles. The van der Waals surface area contributed by atoms with Gasteiger partial charge in [0.15, 0.2) is 0 Å². The number of benzene rings is 2. The van der Waals surface area contributed by atoms with E-state index in [0.717, 1.165) is 6.07 Å². The molecule has 0 bridgehead atoms. The second-order valence-corrected chi connectivity index (χ2v) is 4.44. The summed E-state index contributed by atoms with van der Waals surface area (Å²) in [5.41, 5.74) is -0.947. The number of aliphatic hydroxyl groups is 1. The van der Waals surface area contributed by atoms with Crippen LogP contribution in [0.4, 0.5) is 23.2 Å². The molecule has 0 fully saturated rings. The Balaban J connectivity index is 2.37. The van der Waals surface area contributed by atoms with Gasteiger partial charge in [-0.1, -0.05) is 30.3 Å². The van der Waals surface area contributed by atoms with Gasteiger partial charge >= 0.3 is 6.18 Å². The molecule has 2 N–H and O–H groups in total. The van der Waals surface area contributed by atoms with Gasteiger partial charge < -0.3 is 10.4 Å². The molecule has 6 heteroatoms. The summed E-state index contributed by atoms with van der Waals surface area (Å²) in [7, 11) is 0. The van der Waals surface area contributed by atoms with Crippen LogP contribution in [0.2, 0.25) is 0 Å². The fraction of sp³-hybridized carbons (Fsp3) is 0.200. The average molecular weight is 299 g/mol. The molecule has 21 heavy (non-hydrogen) atoms. The van der Waals surface area contributed by atoms with Crippen LogP contribution in [0.15, 0.2) is 48.5 Å². The van der Waals surface area contributed by atoms with E-state index >= 15 is 0 Å². The summed E-state index contributed by atoms with van der Waals surface area (Å²) < 4.78 is 52.5. The number of aliphatic hydroxyl groups excluding tert-OH is 1. The molecule has 0 amide bonds. The van der Waals surface area contributed by atoms with Crippen LogP contribution in [0.3, 0.4) is 0 Å². The highest BCUT2D eigenvalue weighted by Crippen LogP contribution is 2.35. The SMILES string of the molecule is OCC(Nc1ccccc1F)c1ccccc1C(F)(F)F. The summed E-state index contributed by atoms with van der Waals surface area (Å²) in [5.74, 6) is -0.597. The third kappa shape index (κ3) is 3.52. The van der Waals surface area contributed by atoms with E-state index < -0.39 is 30.2 Å². The number of para-hydroxylation sites is 1. The van der Waals surface area contributed by atoms with Crippen molar-refractivity contribution in [2.45, 2.75) is 12.2 Å². The summed E-state index contributed by atoms with van der Waals surface area (Å²) in [6.07, 6.45) is -4.54. The lowest BCUT2D eigenvalue weighted by molar-refractivity contribution is -0.138. The van der Waals surface area contributed by atoms with Gasteiger partial charge in [-0.15, -0.1) is 0 Å². The minimum atomic E-state index is -4.54. The van der Waals surface area contributed by atoms with Gasteiger partial charge in [-0.3, -0.25) is 0 Å². The molecular formula is C15H13F4NO. The van der Waals surface area contributed by atoms with Gasteiger partial charge in [0, 0.05) is 0 Å². The van der Waals surface area contributed by atoms with Crippen LogP contribution in [-0.2, 0) is 6.18 Å². The van der Waals surface area contributed by atoms with Crippen LogP contribution in [0, 0.1) is 5.82 Å². The maximum atomic E-state index is 13.6. The topological polar surface area (TPSA) is 32.3 Å². The number of nitrogens with one attached hydrogen (secondary N) is 1. The molecule has 0 aliphatic carbocycles. The zero-order valence-corrected chi connectivity index (χ0v) is 10.9. The molecule has 0 aromatic heterocycles. The van der Waals surface area contributed by atoms with Crippen LogP contribution in [0.5, 0.6) is 0 Å². The van der Waals surface area contributed by atoms with Crippen molar-refractivity contribution in [2.24, 2.45) is 0 Å². The molecule has 0 aliphatic heterocycles. The molecule has 2 rings (SSSR count). The van der Waals surface area contributed by atoms with Gasteiger partial charge in [0.05, 0.1) is 23.9 Å². The van der Waals surface area contributed by atoms with E-state index in [1.807, 2.05) is 0 Å². The molecule has 0 radical (unpaired) electrons. The van der Waals surface area contributed by atoms with Gasteiger partial charge in [-0.05, 0) is 23.8 Å². The van der Waals surface area contributed by atoms with Crippen molar-refractivity contribution in [3.63, 3.8) is 0 Å². The summed E-state index contributed by atoms with van der Waals surface area (Å²) >= 11 is 0. The van der Waals surface area contributed by atoms with Gasteiger partial charge in [-0.2, -0.15) is 13.2 Å². The third-order valence-electron chi connectivity index (χ3n) is 3.03. The lowest BCUT2D eigenvalue weighted by atomic mass is 10.00. The molecule has 112 valence electrons. The predicted molar refractivity (Wildman–Crippen MR) is 71.3 cm³/mol. The molecule has 2 nitrogen and oxygen atoms in total. The standard InChI is InChI=1S/C15H13F4NO/c16-12-7-3-4-8-13(12)20-14(9-21)10-5-1-2-6-11(10)15(17,18)19/h1-8,14,20-21H,9H2. The van der Waals surface area contributed by atoms with Crippen molar-refractivity contribution in [2.75, 3.05) is 11.9 Å². The summed E-state index contributed by atoms with van der Waals surface area (Å²) in [6, 6.07) is 9.45. The lowest BCUT2D eigenvalue weighted by Gasteiger charge is -2.22. The Kier molecular flexibility index (Phi) is 4.47. The fourth-order valence-electron chi connectivity index (χ4n) is 2.05. The zero-order valence-electron chi connectivity index (χ0n) is 10.9. The zero-order chi connectivity index (χ0) is 15.5.